The van der Waals surface area contributed by atoms with Crippen LogP contribution >= 0.6 is 0 Å². The van der Waals surface area contributed by atoms with Gasteiger partial charge in [0.2, 0.25) is 0 Å². The van der Waals surface area contributed by atoms with Crippen molar-refractivity contribution in [3.8, 4) is 11.1 Å². The summed E-state index contributed by atoms with van der Waals surface area (Å²) < 4.78 is 0. The lowest BCUT2D eigenvalue weighted by Crippen LogP contribution is -2.13. The predicted molar refractivity (Wildman–Crippen MR) is 140 cm³/mol. The standard InChI is InChI=1S/C32H42/c1-3-5-6-26-13-17-29(18-14-26)31-21-23-32(24-22-31)30-19-15-28(16-20-30)12-11-27-9-7-25(4-2)8-10-27/h4,11-14,17-18,21-25,27-28,30H,2-3,5-10,15-16,19-20H2,1H3/b12-11+. The monoisotopic (exact) mass is 426 g/mol. The molecule has 0 N–H and O–H groups in total. The van der Waals surface area contributed by atoms with E-state index in [2.05, 4.69) is 80.3 Å². The second-order valence-corrected chi connectivity index (χ2v) is 10.3. The van der Waals surface area contributed by atoms with Crippen molar-refractivity contribution in [1.29, 1.82) is 0 Å². The van der Waals surface area contributed by atoms with E-state index >= 15 is 0 Å². The van der Waals surface area contributed by atoms with Crippen LogP contribution in [0.4, 0.5) is 0 Å². The Bertz CT molecular complexity index is 838. The van der Waals surface area contributed by atoms with E-state index in [-0.39, 0.29) is 0 Å². The maximum absolute atomic E-state index is 3.97. The lowest BCUT2D eigenvalue weighted by atomic mass is 9.77. The van der Waals surface area contributed by atoms with E-state index in [9.17, 15) is 0 Å². The summed E-state index contributed by atoms with van der Waals surface area (Å²) in [5.74, 6) is 3.13. The average molecular weight is 427 g/mol. The van der Waals surface area contributed by atoms with Gasteiger partial charge in [-0.25, -0.2) is 0 Å². The van der Waals surface area contributed by atoms with Gasteiger partial charge in [0, 0.05) is 0 Å². The van der Waals surface area contributed by atoms with Gasteiger partial charge in [-0.1, -0.05) is 80.1 Å². The molecular weight excluding hydrogens is 384 g/mol. The number of hydrogen-bond acceptors (Lipinski definition) is 0. The summed E-state index contributed by atoms with van der Waals surface area (Å²) in [6.07, 6.45) is 21.8. The molecular formula is C32H42. The van der Waals surface area contributed by atoms with Crippen molar-refractivity contribution in [1.82, 2.24) is 0 Å². The van der Waals surface area contributed by atoms with Crippen LogP contribution in [0.2, 0.25) is 0 Å². The van der Waals surface area contributed by atoms with Gasteiger partial charge in [-0.2, -0.15) is 0 Å². The average Bonchev–Trinajstić information content (AvgIpc) is 2.87. The number of rotatable bonds is 8. The van der Waals surface area contributed by atoms with E-state index < -0.39 is 0 Å². The topological polar surface area (TPSA) is 0 Å². The normalized spacial score (nSPS) is 26.3. The van der Waals surface area contributed by atoms with Crippen molar-refractivity contribution in [3.05, 3.63) is 84.5 Å². The van der Waals surface area contributed by atoms with Gasteiger partial charge in [0.05, 0.1) is 0 Å². The van der Waals surface area contributed by atoms with E-state index in [0.717, 1.165) is 23.7 Å². The highest BCUT2D eigenvalue weighted by molar-refractivity contribution is 5.64. The minimum atomic E-state index is 0.744. The van der Waals surface area contributed by atoms with Crippen molar-refractivity contribution in [2.24, 2.45) is 17.8 Å². The molecule has 0 saturated heterocycles. The Hall–Kier alpha value is -2.08. The molecule has 0 nitrogen and oxygen atoms in total. The van der Waals surface area contributed by atoms with E-state index in [4.69, 9.17) is 0 Å². The number of unbranched alkanes of at least 4 members (excludes halogenated alkanes) is 1. The molecule has 0 aromatic heterocycles. The summed E-state index contributed by atoms with van der Waals surface area (Å²) >= 11 is 0. The lowest BCUT2D eigenvalue weighted by molar-refractivity contribution is 0.349. The molecule has 0 spiro atoms. The Morgan fingerprint density at radius 1 is 0.688 bits per heavy atom. The summed E-state index contributed by atoms with van der Waals surface area (Å²) in [5, 5.41) is 0. The molecule has 0 aliphatic heterocycles. The molecule has 2 fully saturated rings. The number of allylic oxidation sites excluding steroid dienone is 3. The molecule has 4 rings (SSSR count). The summed E-state index contributed by atoms with van der Waals surface area (Å²) in [4.78, 5) is 0. The first kappa shape index (κ1) is 23.1. The molecule has 2 aliphatic rings. The summed E-state index contributed by atoms with van der Waals surface area (Å²) in [6.45, 7) is 6.23. The zero-order chi connectivity index (χ0) is 22.2. The van der Waals surface area contributed by atoms with Crippen molar-refractivity contribution < 1.29 is 0 Å². The van der Waals surface area contributed by atoms with E-state index in [1.54, 1.807) is 5.56 Å². The fourth-order valence-electron chi connectivity index (χ4n) is 5.72. The Morgan fingerprint density at radius 2 is 1.19 bits per heavy atom. The summed E-state index contributed by atoms with van der Waals surface area (Å²) in [5.41, 5.74) is 5.69. The minimum Gasteiger partial charge on any atom is -0.103 e. The highest BCUT2D eigenvalue weighted by Gasteiger charge is 2.22. The highest BCUT2D eigenvalue weighted by Crippen LogP contribution is 2.38. The van der Waals surface area contributed by atoms with Crippen molar-refractivity contribution in [3.63, 3.8) is 0 Å². The summed E-state index contributed by atoms with van der Waals surface area (Å²) in [6, 6.07) is 18.6. The quantitative estimate of drug-likeness (QED) is 0.369. The van der Waals surface area contributed by atoms with Crippen LogP contribution in [0.3, 0.4) is 0 Å². The van der Waals surface area contributed by atoms with Crippen molar-refractivity contribution >= 4 is 0 Å². The highest BCUT2D eigenvalue weighted by atomic mass is 14.3. The Labute approximate surface area is 196 Å². The van der Waals surface area contributed by atoms with E-state index in [1.807, 2.05) is 0 Å². The summed E-state index contributed by atoms with van der Waals surface area (Å²) in [7, 11) is 0. The molecule has 0 unspecified atom stereocenters. The van der Waals surface area contributed by atoms with Crippen LogP contribution in [0.1, 0.15) is 88.2 Å². The largest absolute Gasteiger partial charge is 0.103 e. The van der Waals surface area contributed by atoms with Gasteiger partial charge in [-0.05, 0) is 110 Å². The second kappa shape index (κ2) is 11.7. The molecule has 0 amide bonds. The second-order valence-electron chi connectivity index (χ2n) is 10.3. The number of benzene rings is 2. The molecule has 170 valence electrons. The molecule has 2 saturated carbocycles. The van der Waals surface area contributed by atoms with Crippen LogP contribution in [-0.4, -0.2) is 0 Å². The van der Waals surface area contributed by atoms with Crippen molar-refractivity contribution in [2.45, 2.75) is 83.5 Å². The molecule has 0 atom stereocenters. The minimum absolute atomic E-state index is 0.744. The number of aryl methyl sites for hydroxylation is 1. The molecule has 2 aromatic rings. The van der Waals surface area contributed by atoms with Gasteiger partial charge in [-0.3, -0.25) is 0 Å². The third-order valence-corrected chi connectivity index (χ3v) is 8.07. The molecule has 0 bridgehead atoms. The smallest absolute Gasteiger partial charge is 0.0162 e. The van der Waals surface area contributed by atoms with Gasteiger partial charge in [-0.15, -0.1) is 6.58 Å². The Balaban J connectivity index is 1.26. The van der Waals surface area contributed by atoms with Crippen molar-refractivity contribution in [2.75, 3.05) is 0 Å². The maximum atomic E-state index is 3.97. The lowest BCUT2D eigenvalue weighted by Gasteiger charge is -2.28. The van der Waals surface area contributed by atoms with Crippen LogP contribution in [-0.2, 0) is 6.42 Å². The van der Waals surface area contributed by atoms with Gasteiger partial charge >= 0.3 is 0 Å². The Kier molecular flexibility index (Phi) is 8.43. The first-order valence-electron chi connectivity index (χ1n) is 13.2. The predicted octanol–water partition coefficient (Wildman–Crippen LogP) is 9.52. The van der Waals surface area contributed by atoms with Gasteiger partial charge in [0.1, 0.15) is 0 Å². The maximum Gasteiger partial charge on any atom is -0.0162 e. The third-order valence-electron chi connectivity index (χ3n) is 8.07. The third kappa shape index (κ3) is 6.25. The molecule has 32 heavy (non-hydrogen) atoms. The molecule has 2 aliphatic carbocycles. The fourth-order valence-corrected chi connectivity index (χ4v) is 5.72. The number of hydrogen-bond donors (Lipinski definition) is 0. The fraction of sp³-hybridized carbons (Fsp3) is 0.500. The Morgan fingerprint density at radius 3 is 1.72 bits per heavy atom. The van der Waals surface area contributed by atoms with E-state index in [0.29, 0.717) is 0 Å². The van der Waals surface area contributed by atoms with Crippen LogP contribution in [0, 0.1) is 17.8 Å². The first-order valence-corrected chi connectivity index (χ1v) is 13.2. The van der Waals surface area contributed by atoms with Gasteiger partial charge in [0.25, 0.3) is 0 Å². The van der Waals surface area contributed by atoms with Crippen LogP contribution in [0.25, 0.3) is 11.1 Å². The van der Waals surface area contributed by atoms with Gasteiger partial charge in [0.15, 0.2) is 0 Å². The molecule has 0 heteroatoms. The van der Waals surface area contributed by atoms with Crippen LogP contribution < -0.4 is 0 Å². The first-order chi connectivity index (χ1) is 15.7. The SMILES string of the molecule is C=CC1CCC(/C=C/C2CCC(c3ccc(-c4ccc(CCCC)cc4)cc3)CC2)CC1. The van der Waals surface area contributed by atoms with Gasteiger partial charge < -0.3 is 0 Å². The zero-order valence-corrected chi connectivity index (χ0v) is 20.1. The van der Waals surface area contributed by atoms with Crippen LogP contribution in [0.15, 0.2) is 73.3 Å². The molecule has 2 aromatic carbocycles. The van der Waals surface area contributed by atoms with E-state index in [1.165, 1.54) is 87.3 Å². The van der Waals surface area contributed by atoms with Crippen LogP contribution in [0.5, 0.6) is 0 Å². The molecule has 0 heterocycles. The molecule has 0 radical (unpaired) electrons. The zero-order valence-electron chi connectivity index (χ0n) is 20.1.